The fourth-order valence-electron chi connectivity index (χ4n) is 7.12. The van der Waals surface area contributed by atoms with Crippen LogP contribution in [0.4, 0.5) is 0 Å². The van der Waals surface area contributed by atoms with Crippen LogP contribution in [0.3, 0.4) is 0 Å². The highest BCUT2D eigenvalue weighted by molar-refractivity contribution is 6.10. The standard InChI is InChI=1S/C35H35N3O/c1-33(2,3)35(34(4,5)6,31-16-9-10-19-36-31)25-12-11-13-26(23-25)38-29-15-8-7-14-27(29)28-18-17-24(22-30(28)38)32-37-20-21-39-32/h7-23H,1-6H3. The van der Waals surface area contributed by atoms with E-state index in [1.54, 1.807) is 12.5 Å². The maximum atomic E-state index is 5.65. The summed E-state index contributed by atoms with van der Waals surface area (Å²) in [6.07, 6.45) is 5.23. The number of hydrogen-bond acceptors (Lipinski definition) is 3. The molecule has 0 bridgehead atoms. The second-order valence-electron chi connectivity index (χ2n) is 12.4. The van der Waals surface area contributed by atoms with Crippen LogP contribution in [-0.2, 0) is 5.41 Å². The SMILES string of the molecule is CC(C)(C)C(c1cccc(-n2c3ccccc3c3ccc(-c4ncco4)cc32)c1)(c1ccccn1)C(C)(C)C. The number of pyridine rings is 1. The van der Waals surface area contributed by atoms with Gasteiger partial charge in [-0.05, 0) is 58.9 Å². The summed E-state index contributed by atoms with van der Waals surface area (Å²) in [6.45, 7) is 14.0. The van der Waals surface area contributed by atoms with Crippen molar-refractivity contribution in [3.8, 4) is 17.1 Å². The second kappa shape index (κ2) is 8.94. The molecule has 0 saturated heterocycles. The van der Waals surface area contributed by atoms with Crippen molar-refractivity contribution in [2.75, 3.05) is 0 Å². The highest BCUT2D eigenvalue weighted by Gasteiger charge is 2.54. The molecule has 0 aliphatic rings. The first kappa shape index (κ1) is 25.1. The lowest BCUT2D eigenvalue weighted by molar-refractivity contribution is 0.0865. The number of oxazole rings is 1. The number of benzene rings is 3. The maximum absolute atomic E-state index is 5.65. The predicted octanol–water partition coefficient (Wildman–Crippen LogP) is 9.21. The summed E-state index contributed by atoms with van der Waals surface area (Å²) in [5, 5.41) is 2.42. The Morgan fingerprint density at radius 3 is 2.08 bits per heavy atom. The van der Waals surface area contributed by atoms with Crippen molar-refractivity contribution in [2.24, 2.45) is 10.8 Å². The molecule has 0 N–H and O–H groups in total. The summed E-state index contributed by atoms with van der Waals surface area (Å²) in [6, 6.07) is 30.4. The zero-order chi connectivity index (χ0) is 27.4. The van der Waals surface area contributed by atoms with Gasteiger partial charge in [-0.25, -0.2) is 4.98 Å². The Morgan fingerprint density at radius 2 is 1.38 bits per heavy atom. The van der Waals surface area contributed by atoms with Crippen molar-refractivity contribution < 1.29 is 4.42 Å². The summed E-state index contributed by atoms with van der Waals surface area (Å²) < 4.78 is 8.02. The third-order valence-electron chi connectivity index (χ3n) is 8.19. The van der Waals surface area contributed by atoms with Crippen LogP contribution >= 0.6 is 0 Å². The van der Waals surface area contributed by atoms with Crippen LogP contribution in [0.1, 0.15) is 52.8 Å². The number of nitrogens with zero attached hydrogens (tertiary/aromatic N) is 3. The highest BCUT2D eigenvalue weighted by Crippen LogP contribution is 2.57. The van der Waals surface area contributed by atoms with Gasteiger partial charge in [-0.15, -0.1) is 0 Å². The van der Waals surface area contributed by atoms with E-state index in [2.05, 4.69) is 130 Å². The first-order valence-corrected chi connectivity index (χ1v) is 13.6. The minimum Gasteiger partial charge on any atom is -0.445 e. The third kappa shape index (κ3) is 3.81. The van der Waals surface area contributed by atoms with Crippen LogP contribution in [0.15, 0.2) is 108 Å². The molecule has 0 spiro atoms. The average Bonchev–Trinajstić information content (AvgIpc) is 3.55. The van der Waals surface area contributed by atoms with Crippen LogP contribution in [0.2, 0.25) is 0 Å². The first-order valence-electron chi connectivity index (χ1n) is 13.6. The van der Waals surface area contributed by atoms with E-state index >= 15 is 0 Å². The van der Waals surface area contributed by atoms with Crippen molar-refractivity contribution in [1.29, 1.82) is 0 Å². The van der Waals surface area contributed by atoms with Crippen LogP contribution in [0.25, 0.3) is 38.9 Å². The van der Waals surface area contributed by atoms with Gasteiger partial charge in [0.2, 0.25) is 5.89 Å². The molecule has 0 atom stereocenters. The van der Waals surface area contributed by atoms with Crippen molar-refractivity contribution in [1.82, 2.24) is 14.5 Å². The van der Waals surface area contributed by atoms with Crippen LogP contribution < -0.4 is 0 Å². The molecule has 6 aromatic rings. The zero-order valence-corrected chi connectivity index (χ0v) is 23.6. The minimum absolute atomic E-state index is 0.114. The molecule has 4 heteroatoms. The molecule has 0 amide bonds. The van der Waals surface area contributed by atoms with Crippen molar-refractivity contribution in [2.45, 2.75) is 47.0 Å². The molecular formula is C35H35N3O. The fraction of sp³-hybridized carbons (Fsp3) is 0.257. The molecule has 39 heavy (non-hydrogen) atoms. The molecule has 196 valence electrons. The zero-order valence-electron chi connectivity index (χ0n) is 23.6. The summed E-state index contributed by atoms with van der Waals surface area (Å²) in [4.78, 5) is 9.37. The van der Waals surface area contributed by atoms with Crippen LogP contribution in [0.5, 0.6) is 0 Å². The number of para-hydroxylation sites is 1. The molecule has 0 saturated carbocycles. The van der Waals surface area contributed by atoms with Gasteiger partial charge in [0, 0.05) is 33.6 Å². The molecule has 0 radical (unpaired) electrons. The summed E-state index contributed by atoms with van der Waals surface area (Å²) >= 11 is 0. The highest BCUT2D eigenvalue weighted by atomic mass is 16.3. The summed E-state index contributed by atoms with van der Waals surface area (Å²) in [5.41, 5.74) is 6.15. The van der Waals surface area contributed by atoms with Crippen LogP contribution in [-0.4, -0.2) is 14.5 Å². The number of aromatic nitrogens is 3. The van der Waals surface area contributed by atoms with E-state index in [0.717, 1.165) is 22.5 Å². The Kier molecular flexibility index (Phi) is 5.76. The minimum atomic E-state index is -0.348. The van der Waals surface area contributed by atoms with Gasteiger partial charge in [-0.1, -0.05) is 84.0 Å². The maximum Gasteiger partial charge on any atom is 0.225 e. The van der Waals surface area contributed by atoms with E-state index in [1.165, 1.54) is 21.9 Å². The second-order valence-corrected chi connectivity index (χ2v) is 12.4. The molecule has 0 unspecified atom stereocenters. The van der Waals surface area contributed by atoms with E-state index in [1.807, 2.05) is 12.3 Å². The van der Waals surface area contributed by atoms with Gasteiger partial charge in [-0.2, -0.15) is 0 Å². The van der Waals surface area contributed by atoms with E-state index in [4.69, 9.17) is 9.40 Å². The molecule has 4 nitrogen and oxygen atoms in total. The molecule has 6 rings (SSSR count). The Morgan fingerprint density at radius 1 is 0.641 bits per heavy atom. The molecule has 0 aliphatic heterocycles. The Hall–Kier alpha value is -4.18. The molecule has 3 aromatic carbocycles. The summed E-state index contributed by atoms with van der Waals surface area (Å²) in [5.74, 6) is 0.622. The normalized spacial score (nSPS) is 12.9. The van der Waals surface area contributed by atoms with Gasteiger partial charge in [-0.3, -0.25) is 4.98 Å². The van der Waals surface area contributed by atoms with Gasteiger partial charge < -0.3 is 8.98 Å². The largest absolute Gasteiger partial charge is 0.445 e. The molecular weight excluding hydrogens is 478 g/mol. The van der Waals surface area contributed by atoms with Crippen molar-refractivity contribution >= 4 is 21.8 Å². The van der Waals surface area contributed by atoms with E-state index < -0.39 is 0 Å². The van der Waals surface area contributed by atoms with Crippen molar-refractivity contribution in [3.63, 3.8) is 0 Å². The lowest BCUT2D eigenvalue weighted by atomic mass is 9.49. The lowest BCUT2D eigenvalue weighted by Gasteiger charge is -2.54. The predicted molar refractivity (Wildman–Crippen MR) is 160 cm³/mol. The number of hydrogen-bond donors (Lipinski definition) is 0. The Balaban J connectivity index is 1.67. The topological polar surface area (TPSA) is 43.9 Å². The van der Waals surface area contributed by atoms with Crippen LogP contribution in [0, 0.1) is 10.8 Å². The quantitative estimate of drug-likeness (QED) is 0.236. The fourth-order valence-corrected chi connectivity index (χ4v) is 7.12. The molecule has 3 aromatic heterocycles. The van der Waals surface area contributed by atoms with Gasteiger partial charge in [0.1, 0.15) is 6.26 Å². The smallest absolute Gasteiger partial charge is 0.225 e. The molecule has 0 aliphatic carbocycles. The first-order chi connectivity index (χ1) is 18.6. The summed E-state index contributed by atoms with van der Waals surface area (Å²) in [7, 11) is 0. The van der Waals surface area contributed by atoms with E-state index in [-0.39, 0.29) is 16.2 Å². The van der Waals surface area contributed by atoms with Gasteiger partial charge in [0.25, 0.3) is 0 Å². The monoisotopic (exact) mass is 513 g/mol. The molecule has 0 fully saturated rings. The number of fused-ring (bicyclic) bond motifs is 3. The average molecular weight is 514 g/mol. The molecule has 3 heterocycles. The lowest BCUT2D eigenvalue weighted by Crippen LogP contribution is -2.51. The van der Waals surface area contributed by atoms with E-state index in [9.17, 15) is 0 Å². The van der Waals surface area contributed by atoms with Crippen molar-refractivity contribution in [3.05, 3.63) is 115 Å². The van der Waals surface area contributed by atoms with Gasteiger partial charge >= 0.3 is 0 Å². The third-order valence-corrected chi connectivity index (χ3v) is 8.19. The Bertz CT molecular complexity index is 1750. The Labute approximate surface area is 230 Å². The number of rotatable bonds is 4. The van der Waals surface area contributed by atoms with Gasteiger partial charge in [0.15, 0.2) is 0 Å². The van der Waals surface area contributed by atoms with E-state index in [0.29, 0.717) is 5.89 Å². The van der Waals surface area contributed by atoms with Gasteiger partial charge in [0.05, 0.1) is 22.9 Å².